The fourth-order valence-corrected chi connectivity index (χ4v) is 2.25. The van der Waals surface area contributed by atoms with Gasteiger partial charge in [0, 0.05) is 13.7 Å². The maximum absolute atomic E-state index is 5.81. The van der Waals surface area contributed by atoms with Gasteiger partial charge in [-0.3, -0.25) is 0 Å². The molecule has 17 heavy (non-hydrogen) atoms. The molecule has 6 heteroatoms. The third-order valence-electron chi connectivity index (χ3n) is 2.88. The Bertz CT molecular complexity index is 260. The van der Waals surface area contributed by atoms with Crippen LogP contribution in [0.3, 0.4) is 0 Å². The molecular weight excluding hydrogens is 226 g/mol. The molecule has 4 atom stereocenters. The van der Waals surface area contributed by atoms with Crippen LogP contribution >= 0.6 is 0 Å². The van der Waals surface area contributed by atoms with Crippen LogP contribution in [0.4, 0.5) is 0 Å². The highest BCUT2D eigenvalue weighted by atomic mass is 16.8. The molecule has 6 nitrogen and oxygen atoms in total. The standard InChI is InChI=1S/C11H21NO5/c1-11(2)16-8-7(6-14-5-4-12)15-10(13-3)9(8)17-11/h7-10H,4-6,12H2,1-3H3/t7-,8-,9-,10?/m1/s1. The van der Waals surface area contributed by atoms with E-state index in [-0.39, 0.29) is 18.3 Å². The number of methoxy groups -OCH3 is 1. The number of ether oxygens (including phenoxy) is 5. The van der Waals surface area contributed by atoms with Gasteiger partial charge in [-0.05, 0) is 13.8 Å². The van der Waals surface area contributed by atoms with Crippen LogP contribution in [0.15, 0.2) is 0 Å². The third kappa shape index (κ3) is 2.78. The van der Waals surface area contributed by atoms with Gasteiger partial charge >= 0.3 is 0 Å². The van der Waals surface area contributed by atoms with Gasteiger partial charge in [-0.1, -0.05) is 0 Å². The minimum atomic E-state index is -0.595. The molecule has 2 rings (SSSR count). The van der Waals surface area contributed by atoms with E-state index >= 15 is 0 Å². The molecule has 0 spiro atoms. The first-order valence-electron chi connectivity index (χ1n) is 5.89. The lowest BCUT2D eigenvalue weighted by Gasteiger charge is -2.23. The lowest BCUT2D eigenvalue weighted by atomic mass is 10.1. The molecule has 0 aliphatic carbocycles. The normalized spacial score (nSPS) is 39.5. The quantitative estimate of drug-likeness (QED) is 0.681. The Balaban J connectivity index is 1.95. The van der Waals surface area contributed by atoms with E-state index in [1.165, 1.54) is 0 Å². The molecule has 0 amide bonds. The molecule has 0 aromatic heterocycles. The molecule has 2 heterocycles. The highest BCUT2D eigenvalue weighted by Crippen LogP contribution is 2.38. The molecule has 2 saturated heterocycles. The maximum Gasteiger partial charge on any atom is 0.186 e. The zero-order valence-corrected chi connectivity index (χ0v) is 10.5. The molecule has 2 aliphatic rings. The molecule has 0 aromatic carbocycles. The van der Waals surface area contributed by atoms with E-state index in [9.17, 15) is 0 Å². The van der Waals surface area contributed by atoms with Crippen LogP contribution in [0.5, 0.6) is 0 Å². The second kappa shape index (κ2) is 5.17. The predicted molar refractivity (Wildman–Crippen MR) is 59.4 cm³/mol. The molecule has 0 saturated carbocycles. The summed E-state index contributed by atoms with van der Waals surface area (Å²) >= 11 is 0. The van der Waals surface area contributed by atoms with Crippen LogP contribution in [0.25, 0.3) is 0 Å². The van der Waals surface area contributed by atoms with Gasteiger partial charge in [-0.2, -0.15) is 0 Å². The summed E-state index contributed by atoms with van der Waals surface area (Å²) in [7, 11) is 1.60. The molecule has 2 N–H and O–H groups in total. The Kier molecular flexibility index (Phi) is 4.02. The molecular formula is C11H21NO5. The summed E-state index contributed by atoms with van der Waals surface area (Å²) in [6.07, 6.45) is -0.902. The number of rotatable bonds is 5. The number of hydrogen-bond donors (Lipinski definition) is 1. The number of nitrogens with two attached hydrogens (primary N) is 1. The van der Waals surface area contributed by atoms with Gasteiger partial charge in [0.05, 0.1) is 13.2 Å². The Labute approximate surface area is 101 Å². The predicted octanol–water partition coefficient (Wildman–Crippen LogP) is -0.147. The zero-order valence-electron chi connectivity index (χ0n) is 10.5. The number of fused-ring (bicyclic) bond motifs is 1. The maximum atomic E-state index is 5.81. The van der Waals surface area contributed by atoms with E-state index in [0.717, 1.165) is 0 Å². The average Bonchev–Trinajstić information content (AvgIpc) is 2.73. The monoisotopic (exact) mass is 247 g/mol. The molecule has 0 aromatic rings. The van der Waals surface area contributed by atoms with E-state index < -0.39 is 12.1 Å². The van der Waals surface area contributed by atoms with Gasteiger partial charge in [0.15, 0.2) is 12.1 Å². The van der Waals surface area contributed by atoms with Gasteiger partial charge in [-0.25, -0.2) is 0 Å². The highest BCUT2D eigenvalue weighted by Gasteiger charge is 2.55. The van der Waals surface area contributed by atoms with Crippen molar-refractivity contribution in [2.24, 2.45) is 5.73 Å². The van der Waals surface area contributed by atoms with Crippen molar-refractivity contribution in [2.45, 2.75) is 44.2 Å². The fraction of sp³-hybridized carbons (Fsp3) is 1.00. The van der Waals surface area contributed by atoms with Gasteiger partial charge in [0.25, 0.3) is 0 Å². The lowest BCUT2D eigenvalue weighted by Crippen LogP contribution is -2.33. The first kappa shape index (κ1) is 13.2. The zero-order chi connectivity index (χ0) is 12.5. The minimum absolute atomic E-state index is 0.146. The SMILES string of the molecule is COC1O[C@H](COCCN)[C@H]2OC(C)(C)O[C@@H]12. The summed E-state index contributed by atoms with van der Waals surface area (Å²) in [5.41, 5.74) is 5.37. The third-order valence-corrected chi connectivity index (χ3v) is 2.88. The van der Waals surface area contributed by atoms with Crippen LogP contribution in [-0.4, -0.2) is 57.3 Å². The average molecular weight is 247 g/mol. The van der Waals surface area contributed by atoms with Gasteiger partial charge in [-0.15, -0.1) is 0 Å². The van der Waals surface area contributed by atoms with E-state index in [0.29, 0.717) is 19.8 Å². The van der Waals surface area contributed by atoms with Crippen LogP contribution in [0.2, 0.25) is 0 Å². The van der Waals surface area contributed by atoms with Crippen molar-refractivity contribution in [3.63, 3.8) is 0 Å². The molecule has 0 bridgehead atoms. The summed E-state index contributed by atoms with van der Waals surface area (Å²) in [5.74, 6) is -0.595. The van der Waals surface area contributed by atoms with Crippen molar-refractivity contribution in [3.8, 4) is 0 Å². The van der Waals surface area contributed by atoms with Crippen LogP contribution in [-0.2, 0) is 23.7 Å². The van der Waals surface area contributed by atoms with Gasteiger partial charge in [0.2, 0.25) is 0 Å². The van der Waals surface area contributed by atoms with Crippen molar-refractivity contribution in [3.05, 3.63) is 0 Å². The van der Waals surface area contributed by atoms with Gasteiger partial charge in [0.1, 0.15) is 18.3 Å². The van der Waals surface area contributed by atoms with E-state index in [1.54, 1.807) is 7.11 Å². The van der Waals surface area contributed by atoms with Crippen molar-refractivity contribution in [1.82, 2.24) is 0 Å². The Hall–Kier alpha value is -0.240. The van der Waals surface area contributed by atoms with Crippen LogP contribution in [0, 0.1) is 0 Å². The second-order valence-corrected chi connectivity index (χ2v) is 4.71. The molecule has 0 radical (unpaired) electrons. The Morgan fingerprint density at radius 1 is 1.24 bits per heavy atom. The molecule has 2 aliphatic heterocycles. The van der Waals surface area contributed by atoms with E-state index in [4.69, 9.17) is 29.4 Å². The van der Waals surface area contributed by atoms with Crippen molar-refractivity contribution < 1.29 is 23.7 Å². The first-order chi connectivity index (χ1) is 8.07. The Morgan fingerprint density at radius 2 is 1.94 bits per heavy atom. The van der Waals surface area contributed by atoms with Crippen molar-refractivity contribution in [1.29, 1.82) is 0 Å². The lowest BCUT2D eigenvalue weighted by molar-refractivity contribution is -0.231. The largest absolute Gasteiger partial charge is 0.377 e. The van der Waals surface area contributed by atoms with Gasteiger partial charge < -0.3 is 29.4 Å². The second-order valence-electron chi connectivity index (χ2n) is 4.71. The number of hydrogen-bond acceptors (Lipinski definition) is 6. The Morgan fingerprint density at radius 3 is 2.59 bits per heavy atom. The van der Waals surface area contributed by atoms with Crippen LogP contribution < -0.4 is 5.73 Å². The molecule has 2 fully saturated rings. The smallest absolute Gasteiger partial charge is 0.186 e. The van der Waals surface area contributed by atoms with E-state index in [2.05, 4.69) is 0 Å². The summed E-state index contributed by atoms with van der Waals surface area (Å²) in [5, 5.41) is 0. The van der Waals surface area contributed by atoms with Crippen molar-refractivity contribution >= 4 is 0 Å². The first-order valence-corrected chi connectivity index (χ1v) is 5.89. The topological polar surface area (TPSA) is 72.2 Å². The summed E-state index contributed by atoms with van der Waals surface area (Å²) in [6, 6.07) is 0. The summed E-state index contributed by atoms with van der Waals surface area (Å²) < 4.78 is 27.9. The summed E-state index contributed by atoms with van der Waals surface area (Å²) in [4.78, 5) is 0. The van der Waals surface area contributed by atoms with E-state index in [1.807, 2.05) is 13.8 Å². The molecule has 100 valence electrons. The summed E-state index contributed by atoms with van der Waals surface area (Å²) in [6.45, 7) is 5.22. The van der Waals surface area contributed by atoms with Crippen molar-refractivity contribution in [2.75, 3.05) is 26.9 Å². The highest BCUT2D eigenvalue weighted by molar-refractivity contribution is 4.94. The van der Waals surface area contributed by atoms with Crippen LogP contribution in [0.1, 0.15) is 13.8 Å². The minimum Gasteiger partial charge on any atom is -0.377 e. The fourth-order valence-electron chi connectivity index (χ4n) is 2.25. The molecule has 1 unspecified atom stereocenters.